The van der Waals surface area contributed by atoms with E-state index >= 15 is 0 Å². The van der Waals surface area contributed by atoms with Gasteiger partial charge in [-0.1, -0.05) is 17.7 Å². The first-order valence-electron chi connectivity index (χ1n) is 3.54. The van der Waals surface area contributed by atoms with Gasteiger partial charge in [0.15, 0.2) is 0 Å². The summed E-state index contributed by atoms with van der Waals surface area (Å²) >= 11 is 5.91. The Kier molecular flexibility index (Phi) is 3.34. The molecular formula is C8H11ClN2O. The van der Waals surface area contributed by atoms with Crippen LogP contribution in [0.2, 0.25) is 5.02 Å². The van der Waals surface area contributed by atoms with Crippen LogP contribution in [-0.4, -0.2) is 7.11 Å². The second kappa shape index (κ2) is 4.30. The van der Waals surface area contributed by atoms with Crippen LogP contribution in [0.5, 0.6) is 5.75 Å². The lowest BCUT2D eigenvalue weighted by Crippen LogP contribution is -2.20. The van der Waals surface area contributed by atoms with Gasteiger partial charge in [-0.25, -0.2) is 0 Å². The quantitative estimate of drug-likeness (QED) is 0.553. The second-order valence-corrected chi connectivity index (χ2v) is 2.75. The predicted molar refractivity (Wildman–Crippen MR) is 49.0 cm³/mol. The number of hydrogen-bond acceptors (Lipinski definition) is 3. The van der Waals surface area contributed by atoms with Crippen LogP contribution >= 0.6 is 11.6 Å². The minimum absolute atomic E-state index is 0.558. The largest absolute Gasteiger partial charge is 0.497 e. The first-order chi connectivity index (χ1) is 5.77. The molecule has 0 bridgehead atoms. The van der Waals surface area contributed by atoms with Crippen LogP contribution in [0.3, 0.4) is 0 Å². The molecule has 66 valence electrons. The number of ether oxygens (including phenoxy) is 1. The standard InChI is InChI=1S/C8H11ClN2O/c1-12-7-3-2-6(5-11-10)8(9)4-7/h2-4,11H,5,10H2,1H3. The summed E-state index contributed by atoms with van der Waals surface area (Å²) in [5.74, 6) is 5.91. The first kappa shape index (κ1) is 9.32. The Balaban J connectivity index is 2.87. The van der Waals surface area contributed by atoms with Gasteiger partial charge >= 0.3 is 0 Å². The zero-order valence-electron chi connectivity index (χ0n) is 6.80. The Hall–Kier alpha value is -0.770. The van der Waals surface area contributed by atoms with Crippen LogP contribution in [-0.2, 0) is 6.54 Å². The molecule has 0 fully saturated rings. The van der Waals surface area contributed by atoms with Crippen LogP contribution in [0.1, 0.15) is 5.56 Å². The summed E-state index contributed by atoms with van der Waals surface area (Å²) in [6, 6.07) is 5.48. The van der Waals surface area contributed by atoms with Crippen molar-refractivity contribution in [2.45, 2.75) is 6.54 Å². The van der Waals surface area contributed by atoms with Crippen LogP contribution in [0, 0.1) is 0 Å². The molecule has 1 rings (SSSR count). The van der Waals surface area contributed by atoms with Crippen molar-refractivity contribution in [3.8, 4) is 5.75 Å². The molecule has 0 saturated heterocycles. The molecule has 3 N–H and O–H groups in total. The minimum atomic E-state index is 0.558. The average molecular weight is 187 g/mol. The van der Waals surface area contributed by atoms with Gasteiger partial charge in [0, 0.05) is 11.6 Å². The zero-order valence-corrected chi connectivity index (χ0v) is 7.56. The Labute approximate surface area is 76.4 Å². The van der Waals surface area contributed by atoms with Gasteiger partial charge in [-0.05, 0) is 17.7 Å². The van der Waals surface area contributed by atoms with E-state index in [0.29, 0.717) is 11.6 Å². The third-order valence-electron chi connectivity index (χ3n) is 1.55. The highest BCUT2D eigenvalue weighted by Gasteiger charge is 2.00. The van der Waals surface area contributed by atoms with Gasteiger partial charge in [-0.2, -0.15) is 0 Å². The van der Waals surface area contributed by atoms with E-state index in [1.54, 1.807) is 13.2 Å². The number of hydrogen-bond donors (Lipinski definition) is 2. The molecule has 0 atom stereocenters. The van der Waals surface area contributed by atoms with Crippen molar-refractivity contribution in [1.82, 2.24) is 5.43 Å². The molecule has 4 heteroatoms. The van der Waals surface area contributed by atoms with E-state index in [1.807, 2.05) is 12.1 Å². The van der Waals surface area contributed by atoms with Gasteiger partial charge in [0.2, 0.25) is 0 Å². The molecule has 0 amide bonds. The highest BCUT2D eigenvalue weighted by atomic mass is 35.5. The van der Waals surface area contributed by atoms with Crippen LogP contribution < -0.4 is 16.0 Å². The van der Waals surface area contributed by atoms with E-state index in [-0.39, 0.29) is 0 Å². The van der Waals surface area contributed by atoms with Gasteiger partial charge in [0.1, 0.15) is 5.75 Å². The molecule has 0 aliphatic heterocycles. The van der Waals surface area contributed by atoms with Crippen molar-refractivity contribution in [3.63, 3.8) is 0 Å². The Morgan fingerprint density at radius 3 is 2.83 bits per heavy atom. The minimum Gasteiger partial charge on any atom is -0.497 e. The van der Waals surface area contributed by atoms with E-state index in [9.17, 15) is 0 Å². The number of hydrazine groups is 1. The predicted octanol–water partition coefficient (Wildman–Crippen LogP) is 1.31. The Morgan fingerprint density at radius 2 is 2.33 bits per heavy atom. The van der Waals surface area contributed by atoms with Crippen LogP contribution in [0.4, 0.5) is 0 Å². The monoisotopic (exact) mass is 186 g/mol. The molecule has 0 aliphatic carbocycles. The van der Waals surface area contributed by atoms with E-state index in [2.05, 4.69) is 5.43 Å². The van der Waals surface area contributed by atoms with E-state index < -0.39 is 0 Å². The average Bonchev–Trinajstić information content (AvgIpc) is 2.09. The Bertz CT molecular complexity index is 265. The molecule has 0 aromatic heterocycles. The van der Waals surface area contributed by atoms with Gasteiger partial charge < -0.3 is 4.74 Å². The smallest absolute Gasteiger partial charge is 0.120 e. The van der Waals surface area contributed by atoms with E-state index in [4.69, 9.17) is 22.2 Å². The van der Waals surface area contributed by atoms with Gasteiger partial charge in [0.05, 0.1) is 7.11 Å². The third kappa shape index (κ3) is 2.11. The normalized spacial score (nSPS) is 9.92. The van der Waals surface area contributed by atoms with Gasteiger partial charge in [-0.3, -0.25) is 11.3 Å². The summed E-state index contributed by atoms with van der Waals surface area (Å²) < 4.78 is 4.99. The van der Waals surface area contributed by atoms with Crippen molar-refractivity contribution in [1.29, 1.82) is 0 Å². The van der Waals surface area contributed by atoms with Crippen molar-refractivity contribution in [2.24, 2.45) is 5.84 Å². The fourth-order valence-corrected chi connectivity index (χ4v) is 1.15. The van der Waals surface area contributed by atoms with Crippen LogP contribution in [0.25, 0.3) is 0 Å². The van der Waals surface area contributed by atoms with Crippen molar-refractivity contribution >= 4 is 11.6 Å². The maximum Gasteiger partial charge on any atom is 0.120 e. The number of halogens is 1. The SMILES string of the molecule is COc1ccc(CNN)c(Cl)c1. The maximum atomic E-state index is 5.91. The van der Waals surface area contributed by atoms with Crippen molar-refractivity contribution in [3.05, 3.63) is 28.8 Å². The van der Waals surface area contributed by atoms with Crippen molar-refractivity contribution in [2.75, 3.05) is 7.11 Å². The first-order valence-corrected chi connectivity index (χ1v) is 3.91. The summed E-state index contributed by atoms with van der Waals surface area (Å²) in [5.41, 5.74) is 3.50. The maximum absolute atomic E-state index is 5.91. The molecular weight excluding hydrogens is 176 g/mol. The third-order valence-corrected chi connectivity index (χ3v) is 1.90. The lowest BCUT2D eigenvalue weighted by atomic mass is 10.2. The molecule has 0 saturated carbocycles. The summed E-state index contributed by atoms with van der Waals surface area (Å²) in [6.45, 7) is 0.558. The summed E-state index contributed by atoms with van der Waals surface area (Å²) in [7, 11) is 1.60. The number of benzene rings is 1. The molecule has 12 heavy (non-hydrogen) atoms. The number of methoxy groups -OCH3 is 1. The molecule has 0 radical (unpaired) electrons. The summed E-state index contributed by atoms with van der Waals surface area (Å²) in [5, 5.41) is 0.660. The van der Waals surface area contributed by atoms with Gasteiger partial charge in [-0.15, -0.1) is 0 Å². The Morgan fingerprint density at radius 1 is 1.58 bits per heavy atom. The highest BCUT2D eigenvalue weighted by Crippen LogP contribution is 2.21. The fraction of sp³-hybridized carbons (Fsp3) is 0.250. The molecule has 0 unspecified atom stereocenters. The zero-order chi connectivity index (χ0) is 8.97. The number of nitrogens with one attached hydrogen (secondary N) is 1. The molecule has 0 heterocycles. The van der Waals surface area contributed by atoms with Gasteiger partial charge in [0.25, 0.3) is 0 Å². The topological polar surface area (TPSA) is 47.3 Å². The highest BCUT2D eigenvalue weighted by molar-refractivity contribution is 6.31. The van der Waals surface area contributed by atoms with E-state index in [1.165, 1.54) is 0 Å². The van der Waals surface area contributed by atoms with Crippen LogP contribution in [0.15, 0.2) is 18.2 Å². The fourth-order valence-electron chi connectivity index (χ4n) is 0.908. The lowest BCUT2D eigenvalue weighted by Gasteiger charge is -2.05. The molecule has 1 aromatic carbocycles. The lowest BCUT2D eigenvalue weighted by molar-refractivity contribution is 0.414. The number of rotatable bonds is 3. The molecule has 3 nitrogen and oxygen atoms in total. The molecule has 1 aromatic rings. The number of nitrogens with two attached hydrogens (primary N) is 1. The van der Waals surface area contributed by atoms with Crippen molar-refractivity contribution < 1.29 is 4.74 Å². The summed E-state index contributed by atoms with van der Waals surface area (Å²) in [4.78, 5) is 0. The van der Waals surface area contributed by atoms with E-state index in [0.717, 1.165) is 11.3 Å². The second-order valence-electron chi connectivity index (χ2n) is 2.34. The molecule has 0 spiro atoms. The molecule has 0 aliphatic rings. The summed E-state index contributed by atoms with van der Waals surface area (Å²) in [6.07, 6.45) is 0.